The third-order valence-corrected chi connectivity index (χ3v) is 5.08. The maximum Gasteiger partial charge on any atom is 0.309 e. The Labute approximate surface area is 182 Å². The predicted molar refractivity (Wildman–Crippen MR) is 119 cm³/mol. The highest BCUT2D eigenvalue weighted by Gasteiger charge is 2.29. The number of carbonyl (C=O) groups is 2. The van der Waals surface area contributed by atoms with Crippen LogP contribution in [0.1, 0.15) is 19.8 Å². The number of nitrogens with zero attached hydrogens (tertiary/aromatic N) is 2. The summed E-state index contributed by atoms with van der Waals surface area (Å²) < 4.78 is 5.05. The summed E-state index contributed by atoms with van der Waals surface area (Å²) in [5.41, 5.74) is 2.72. The second kappa shape index (κ2) is 10.8. The maximum absolute atomic E-state index is 12.7. The van der Waals surface area contributed by atoms with E-state index < -0.39 is 0 Å². The number of hydrogen-bond donors (Lipinski definition) is 2. The lowest BCUT2D eigenvalue weighted by atomic mass is 9.96. The first kappa shape index (κ1) is 21.9. The zero-order chi connectivity index (χ0) is 22.1. The van der Waals surface area contributed by atoms with Gasteiger partial charge in [-0.1, -0.05) is 18.2 Å². The van der Waals surface area contributed by atoms with Gasteiger partial charge in [-0.25, -0.2) is 0 Å². The number of anilines is 3. The number of carbonyl (C=O) groups excluding carboxylic acids is 2. The summed E-state index contributed by atoms with van der Waals surface area (Å²) in [6, 6.07) is 19.4. The van der Waals surface area contributed by atoms with Gasteiger partial charge in [0.2, 0.25) is 0 Å². The molecule has 1 saturated heterocycles. The highest BCUT2D eigenvalue weighted by molar-refractivity contribution is 5.97. The van der Waals surface area contributed by atoms with Crippen LogP contribution in [0.5, 0.6) is 0 Å². The summed E-state index contributed by atoms with van der Waals surface area (Å²) in [5.74, 6) is -0.725. The van der Waals surface area contributed by atoms with Crippen molar-refractivity contribution in [2.45, 2.75) is 19.8 Å². The molecule has 160 valence electrons. The third-order valence-electron chi connectivity index (χ3n) is 5.08. The summed E-state index contributed by atoms with van der Waals surface area (Å²) >= 11 is 0. The average Bonchev–Trinajstić information content (AvgIpc) is 2.81. The summed E-state index contributed by atoms with van der Waals surface area (Å²) in [4.78, 5) is 26.1. The number of benzene rings is 2. The minimum Gasteiger partial charge on any atom is -0.466 e. The largest absolute Gasteiger partial charge is 0.466 e. The highest BCUT2D eigenvalue weighted by atomic mass is 16.5. The summed E-state index contributed by atoms with van der Waals surface area (Å²) in [7, 11) is 0. The lowest BCUT2D eigenvalue weighted by Crippen LogP contribution is -2.41. The van der Waals surface area contributed by atoms with E-state index in [9.17, 15) is 14.9 Å². The molecule has 0 aromatic heterocycles. The Morgan fingerprint density at radius 3 is 2.29 bits per heavy atom. The Balaban J connectivity index is 1.55. The van der Waals surface area contributed by atoms with E-state index in [2.05, 4.69) is 10.6 Å². The van der Waals surface area contributed by atoms with Crippen LogP contribution in [-0.2, 0) is 14.3 Å². The fourth-order valence-electron chi connectivity index (χ4n) is 3.38. The minimum absolute atomic E-state index is 0.0288. The van der Waals surface area contributed by atoms with Crippen molar-refractivity contribution in [3.63, 3.8) is 0 Å². The van der Waals surface area contributed by atoms with E-state index in [0.29, 0.717) is 32.5 Å². The van der Waals surface area contributed by atoms with Gasteiger partial charge in [0, 0.05) is 36.4 Å². The number of ether oxygens (including phenoxy) is 1. The third kappa shape index (κ3) is 6.09. The molecule has 1 fully saturated rings. The maximum atomic E-state index is 12.7. The highest BCUT2D eigenvalue weighted by Crippen LogP contribution is 2.21. The van der Waals surface area contributed by atoms with Crippen LogP contribution in [0.3, 0.4) is 0 Å². The number of amides is 1. The molecule has 0 aliphatic carbocycles. The SMILES string of the molecule is CCOC(=O)C1CCN(C(=O)/C(C#N)=C\Nc2ccc(Nc3ccccc3)cc2)CC1. The van der Waals surface area contributed by atoms with Gasteiger partial charge in [-0.15, -0.1) is 0 Å². The summed E-state index contributed by atoms with van der Waals surface area (Å²) in [6.07, 6.45) is 2.53. The quantitative estimate of drug-likeness (QED) is 0.400. The zero-order valence-corrected chi connectivity index (χ0v) is 17.5. The molecule has 1 amide bonds. The van der Waals surface area contributed by atoms with Gasteiger partial charge < -0.3 is 20.3 Å². The van der Waals surface area contributed by atoms with Crippen LogP contribution in [0.2, 0.25) is 0 Å². The summed E-state index contributed by atoms with van der Waals surface area (Å²) in [6.45, 7) is 3.00. The molecule has 2 aromatic rings. The van der Waals surface area contributed by atoms with Gasteiger partial charge in [0.1, 0.15) is 11.6 Å². The molecule has 1 heterocycles. The van der Waals surface area contributed by atoms with E-state index in [1.165, 1.54) is 6.20 Å². The second-order valence-electron chi connectivity index (χ2n) is 7.20. The Kier molecular flexibility index (Phi) is 7.66. The van der Waals surface area contributed by atoms with Crippen LogP contribution in [0.4, 0.5) is 17.1 Å². The van der Waals surface area contributed by atoms with Crippen molar-refractivity contribution >= 4 is 28.9 Å². The lowest BCUT2D eigenvalue weighted by Gasteiger charge is -2.30. The number of nitrogens with one attached hydrogen (secondary N) is 2. The van der Waals surface area contributed by atoms with Gasteiger partial charge in [-0.05, 0) is 56.2 Å². The van der Waals surface area contributed by atoms with Crippen molar-refractivity contribution < 1.29 is 14.3 Å². The first-order valence-corrected chi connectivity index (χ1v) is 10.4. The molecule has 0 bridgehead atoms. The normalized spacial score (nSPS) is 14.5. The van der Waals surface area contributed by atoms with Crippen molar-refractivity contribution in [3.8, 4) is 6.07 Å². The van der Waals surface area contributed by atoms with E-state index in [-0.39, 0.29) is 23.4 Å². The van der Waals surface area contributed by atoms with Crippen LogP contribution in [0, 0.1) is 17.2 Å². The van der Waals surface area contributed by atoms with Crippen molar-refractivity contribution in [1.29, 1.82) is 5.26 Å². The van der Waals surface area contributed by atoms with Gasteiger partial charge >= 0.3 is 5.97 Å². The van der Waals surface area contributed by atoms with Crippen molar-refractivity contribution in [1.82, 2.24) is 4.90 Å². The molecular formula is C24H26N4O3. The smallest absolute Gasteiger partial charge is 0.309 e. The summed E-state index contributed by atoms with van der Waals surface area (Å²) in [5, 5.41) is 15.7. The van der Waals surface area contributed by atoms with Gasteiger partial charge in [0.15, 0.2) is 0 Å². The van der Waals surface area contributed by atoms with E-state index >= 15 is 0 Å². The number of rotatable bonds is 7. The molecule has 2 aromatic carbocycles. The van der Waals surface area contributed by atoms with Crippen LogP contribution >= 0.6 is 0 Å². The average molecular weight is 418 g/mol. The number of para-hydroxylation sites is 1. The molecule has 0 atom stereocenters. The number of nitriles is 1. The molecule has 1 aliphatic heterocycles. The van der Waals surface area contributed by atoms with Crippen molar-refractivity contribution in [2.24, 2.45) is 5.92 Å². The molecule has 7 nitrogen and oxygen atoms in total. The molecule has 0 saturated carbocycles. The molecule has 1 aliphatic rings. The number of hydrogen-bond acceptors (Lipinski definition) is 6. The van der Waals surface area contributed by atoms with Crippen molar-refractivity contribution in [3.05, 3.63) is 66.4 Å². The monoisotopic (exact) mass is 418 g/mol. The van der Waals surface area contributed by atoms with Crippen LogP contribution in [-0.4, -0.2) is 36.5 Å². The van der Waals surface area contributed by atoms with E-state index in [1.807, 2.05) is 60.7 Å². The van der Waals surface area contributed by atoms with E-state index in [4.69, 9.17) is 4.74 Å². The van der Waals surface area contributed by atoms with Crippen molar-refractivity contribution in [2.75, 3.05) is 30.3 Å². The van der Waals surface area contributed by atoms with Crippen LogP contribution < -0.4 is 10.6 Å². The van der Waals surface area contributed by atoms with Crippen LogP contribution in [0.25, 0.3) is 0 Å². The first-order valence-electron chi connectivity index (χ1n) is 10.4. The topological polar surface area (TPSA) is 94.5 Å². The number of piperidine rings is 1. The van der Waals surface area contributed by atoms with E-state index in [0.717, 1.165) is 17.1 Å². The standard InChI is InChI=1S/C24H26N4O3/c1-2-31-24(30)18-12-14-28(15-13-18)23(29)19(16-25)17-26-20-8-10-22(11-9-20)27-21-6-4-3-5-7-21/h3-11,17-18,26-27H,2,12-15H2,1H3/b19-17-. The Bertz CT molecular complexity index is 957. The molecule has 0 spiro atoms. The molecule has 2 N–H and O–H groups in total. The zero-order valence-electron chi connectivity index (χ0n) is 17.5. The lowest BCUT2D eigenvalue weighted by molar-refractivity contribution is -0.150. The fraction of sp³-hybridized carbons (Fsp3) is 0.292. The second-order valence-corrected chi connectivity index (χ2v) is 7.20. The molecule has 31 heavy (non-hydrogen) atoms. The Hall–Kier alpha value is -3.79. The fourth-order valence-corrected chi connectivity index (χ4v) is 3.38. The number of likely N-dealkylation sites (tertiary alicyclic amines) is 1. The molecule has 7 heteroatoms. The van der Waals surface area contributed by atoms with Gasteiger partial charge in [-0.3, -0.25) is 9.59 Å². The molecule has 0 radical (unpaired) electrons. The number of esters is 1. The van der Waals surface area contributed by atoms with Gasteiger partial charge in [0.05, 0.1) is 12.5 Å². The molecular weight excluding hydrogens is 392 g/mol. The Morgan fingerprint density at radius 1 is 1.06 bits per heavy atom. The van der Waals surface area contributed by atoms with Gasteiger partial charge in [0.25, 0.3) is 5.91 Å². The first-order chi connectivity index (χ1) is 15.1. The van der Waals surface area contributed by atoms with Gasteiger partial charge in [-0.2, -0.15) is 5.26 Å². The molecule has 3 rings (SSSR count). The van der Waals surface area contributed by atoms with E-state index in [1.54, 1.807) is 11.8 Å². The molecule has 0 unspecified atom stereocenters. The van der Waals surface area contributed by atoms with Crippen LogP contribution in [0.15, 0.2) is 66.4 Å². The minimum atomic E-state index is -0.334. The Morgan fingerprint density at radius 2 is 1.68 bits per heavy atom. The predicted octanol–water partition coefficient (Wildman–Crippen LogP) is 4.05.